The highest BCUT2D eigenvalue weighted by Crippen LogP contribution is 2.09. The Labute approximate surface area is 108 Å². The van der Waals surface area contributed by atoms with E-state index in [1.54, 1.807) is 0 Å². The number of carboxylic acid groups (broad SMARTS) is 1. The minimum atomic E-state index is -1.01. The summed E-state index contributed by atoms with van der Waals surface area (Å²) in [4.78, 5) is 20.8. The quantitative estimate of drug-likeness (QED) is 0.488. The average molecular weight is 253 g/mol. The van der Waals surface area contributed by atoms with Crippen LogP contribution in [0.4, 0.5) is 0 Å². The van der Waals surface area contributed by atoms with Gasteiger partial charge in [0.15, 0.2) is 0 Å². The number of rotatable bonds is 8. The molecule has 0 aromatic heterocycles. The Morgan fingerprint density at radius 3 is 2.17 bits per heavy atom. The van der Waals surface area contributed by atoms with Gasteiger partial charge in [-0.15, -0.1) is 0 Å². The van der Waals surface area contributed by atoms with Gasteiger partial charge in [0.05, 0.1) is 0 Å². The molecule has 4 heteroatoms. The van der Waals surface area contributed by atoms with Crippen LogP contribution in [0.25, 0.3) is 0 Å². The van der Waals surface area contributed by atoms with Gasteiger partial charge in [-0.25, -0.2) is 0 Å². The summed E-state index contributed by atoms with van der Waals surface area (Å²) >= 11 is 0. The van der Waals surface area contributed by atoms with Gasteiger partial charge in [0.2, 0.25) is 0 Å². The number of ether oxygens (including phenoxy) is 1. The molecule has 0 aliphatic rings. The van der Waals surface area contributed by atoms with Gasteiger partial charge < -0.3 is 14.6 Å². The van der Waals surface area contributed by atoms with E-state index in [0.29, 0.717) is 13.0 Å². The lowest BCUT2D eigenvalue weighted by atomic mass is 10.1. The molecule has 4 nitrogen and oxygen atoms in total. The van der Waals surface area contributed by atoms with E-state index in [4.69, 9.17) is 4.74 Å². The van der Waals surface area contributed by atoms with Gasteiger partial charge in [-0.2, -0.15) is 0 Å². The molecule has 0 atom stereocenters. The van der Waals surface area contributed by atoms with Crippen LogP contribution in [0.2, 0.25) is 0 Å². The summed E-state index contributed by atoms with van der Waals surface area (Å²) in [5, 5.41) is 10.3. The molecular weight excluding hydrogens is 232 g/mol. The second-order valence-corrected chi connectivity index (χ2v) is 4.31. The minimum Gasteiger partial charge on any atom is -0.550 e. The smallest absolute Gasteiger partial charge is 0.302 e. The zero-order valence-electron chi connectivity index (χ0n) is 11.3. The van der Waals surface area contributed by atoms with E-state index in [1.165, 1.54) is 6.92 Å². The van der Waals surface area contributed by atoms with Crippen LogP contribution < -0.4 is 5.11 Å². The zero-order valence-corrected chi connectivity index (χ0v) is 11.3. The highest BCUT2D eigenvalue weighted by atomic mass is 16.5. The summed E-state index contributed by atoms with van der Waals surface area (Å²) in [6, 6.07) is 0. The maximum Gasteiger partial charge on any atom is 0.302 e. The molecule has 0 aliphatic carbocycles. The first-order valence-corrected chi connectivity index (χ1v) is 6.06. The van der Waals surface area contributed by atoms with Crippen LogP contribution in [0.15, 0.2) is 23.3 Å². The van der Waals surface area contributed by atoms with Crippen molar-refractivity contribution in [3.8, 4) is 0 Å². The molecule has 0 fully saturated rings. The van der Waals surface area contributed by atoms with Crippen molar-refractivity contribution in [3.63, 3.8) is 0 Å². The number of hydrogen-bond acceptors (Lipinski definition) is 4. The molecule has 0 bridgehead atoms. The number of allylic oxidation sites excluding steroid dienone is 3. The van der Waals surface area contributed by atoms with E-state index in [1.807, 2.05) is 26.0 Å². The van der Waals surface area contributed by atoms with Crippen LogP contribution in [-0.2, 0) is 14.3 Å². The van der Waals surface area contributed by atoms with Crippen molar-refractivity contribution in [1.82, 2.24) is 0 Å². The average Bonchev–Trinajstić information content (AvgIpc) is 2.25. The van der Waals surface area contributed by atoms with Crippen molar-refractivity contribution in [2.75, 3.05) is 6.61 Å². The molecule has 0 radical (unpaired) electrons. The van der Waals surface area contributed by atoms with E-state index >= 15 is 0 Å². The second kappa shape index (κ2) is 9.45. The first-order chi connectivity index (χ1) is 8.41. The third-order valence-electron chi connectivity index (χ3n) is 2.47. The Morgan fingerprint density at radius 1 is 1.00 bits per heavy atom. The zero-order chi connectivity index (χ0) is 14.0. The van der Waals surface area contributed by atoms with Gasteiger partial charge in [-0.05, 0) is 45.6 Å². The fourth-order valence-corrected chi connectivity index (χ4v) is 1.35. The van der Waals surface area contributed by atoms with Crippen molar-refractivity contribution in [2.45, 2.75) is 46.5 Å². The first-order valence-electron chi connectivity index (χ1n) is 6.06. The van der Waals surface area contributed by atoms with Gasteiger partial charge in [0.1, 0.15) is 6.61 Å². The van der Waals surface area contributed by atoms with Crippen molar-refractivity contribution in [3.05, 3.63) is 23.3 Å². The van der Waals surface area contributed by atoms with Gasteiger partial charge in [0, 0.05) is 12.9 Å². The molecule has 0 N–H and O–H groups in total. The molecule has 0 aromatic carbocycles. The third-order valence-corrected chi connectivity index (χ3v) is 2.47. The van der Waals surface area contributed by atoms with E-state index in [9.17, 15) is 14.7 Å². The van der Waals surface area contributed by atoms with E-state index < -0.39 is 5.97 Å². The number of aliphatic carboxylic acids is 1. The molecule has 0 saturated carbocycles. The van der Waals surface area contributed by atoms with Crippen LogP contribution in [0.3, 0.4) is 0 Å². The Balaban J connectivity index is 3.83. The monoisotopic (exact) mass is 253 g/mol. The maximum absolute atomic E-state index is 10.5. The number of esters is 1. The van der Waals surface area contributed by atoms with Crippen LogP contribution in [0, 0.1) is 0 Å². The highest BCUT2D eigenvalue weighted by Gasteiger charge is 1.94. The topological polar surface area (TPSA) is 66.4 Å². The summed E-state index contributed by atoms with van der Waals surface area (Å²) in [7, 11) is 0. The molecule has 0 rings (SSSR count). The number of carbonyl (C=O) groups excluding carboxylic acids is 2. The van der Waals surface area contributed by atoms with E-state index in [0.717, 1.165) is 24.0 Å². The van der Waals surface area contributed by atoms with Crippen molar-refractivity contribution < 1.29 is 19.4 Å². The Hall–Kier alpha value is -1.58. The Kier molecular flexibility index (Phi) is 8.62. The van der Waals surface area contributed by atoms with Crippen LogP contribution >= 0.6 is 0 Å². The van der Waals surface area contributed by atoms with Gasteiger partial charge >= 0.3 is 5.97 Å². The molecular formula is C14H21O4-. The standard InChI is InChI=1S/C14H22O4/c1-11(7-8-14(16)17)5-4-6-12(2)9-10-18-13(3)15/h5,9H,4,6-8,10H2,1-3H3,(H,16,17)/p-1. The Bertz CT molecular complexity index is 340. The van der Waals surface area contributed by atoms with Crippen molar-refractivity contribution >= 4 is 11.9 Å². The Morgan fingerprint density at radius 2 is 1.61 bits per heavy atom. The molecule has 18 heavy (non-hydrogen) atoms. The summed E-state index contributed by atoms with van der Waals surface area (Å²) < 4.78 is 4.80. The first kappa shape index (κ1) is 16.4. The largest absolute Gasteiger partial charge is 0.550 e. The summed E-state index contributed by atoms with van der Waals surface area (Å²) in [6.07, 6.45) is 6.27. The molecule has 0 unspecified atom stereocenters. The number of carbonyl (C=O) groups is 2. The fraction of sp³-hybridized carbons (Fsp3) is 0.571. The van der Waals surface area contributed by atoms with Crippen LogP contribution in [0.1, 0.15) is 46.5 Å². The van der Waals surface area contributed by atoms with Crippen molar-refractivity contribution in [2.24, 2.45) is 0 Å². The van der Waals surface area contributed by atoms with Gasteiger partial charge in [-0.3, -0.25) is 4.79 Å². The molecule has 0 amide bonds. The number of hydrogen-bond donors (Lipinski definition) is 0. The molecule has 0 aromatic rings. The molecule has 0 aliphatic heterocycles. The van der Waals surface area contributed by atoms with Crippen LogP contribution in [-0.4, -0.2) is 18.5 Å². The normalized spacial score (nSPS) is 12.4. The summed E-state index contributed by atoms with van der Waals surface area (Å²) in [5.41, 5.74) is 2.21. The highest BCUT2D eigenvalue weighted by molar-refractivity contribution is 5.66. The maximum atomic E-state index is 10.5. The lowest BCUT2D eigenvalue weighted by Gasteiger charge is -2.03. The van der Waals surface area contributed by atoms with E-state index in [2.05, 4.69) is 0 Å². The molecule has 0 saturated heterocycles. The fourth-order valence-electron chi connectivity index (χ4n) is 1.35. The molecule has 102 valence electrons. The second-order valence-electron chi connectivity index (χ2n) is 4.31. The lowest BCUT2D eigenvalue weighted by Crippen LogP contribution is -2.21. The number of carboxylic acids is 1. The SMILES string of the molecule is CC(=O)OCC=C(C)CCC=C(C)CCC(=O)[O-]. The molecule has 0 heterocycles. The third kappa shape index (κ3) is 10.9. The summed E-state index contributed by atoms with van der Waals surface area (Å²) in [6.45, 7) is 5.59. The van der Waals surface area contributed by atoms with Crippen molar-refractivity contribution in [1.29, 1.82) is 0 Å². The van der Waals surface area contributed by atoms with Crippen LogP contribution in [0.5, 0.6) is 0 Å². The molecule has 0 spiro atoms. The predicted octanol–water partition coefficient (Wildman–Crippen LogP) is 1.75. The lowest BCUT2D eigenvalue weighted by molar-refractivity contribution is -0.305. The van der Waals surface area contributed by atoms with Gasteiger partial charge in [0.25, 0.3) is 0 Å². The summed E-state index contributed by atoms with van der Waals surface area (Å²) in [5.74, 6) is -1.29. The van der Waals surface area contributed by atoms with Gasteiger partial charge in [-0.1, -0.05) is 17.2 Å². The van der Waals surface area contributed by atoms with E-state index in [-0.39, 0.29) is 12.4 Å². The minimum absolute atomic E-state index is 0.0730. The predicted molar refractivity (Wildman–Crippen MR) is 67.6 cm³/mol.